The Kier molecular flexibility index (Phi) is 5.32. The lowest BCUT2D eigenvalue weighted by atomic mass is 10.2. The molecule has 0 aliphatic heterocycles. The van der Waals surface area contributed by atoms with Gasteiger partial charge in [0.1, 0.15) is 0 Å². The Morgan fingerprint density at radius 3 is 2.71 bits per heavy atom. The first-order valence-electron chi connectivity index (χ1n) is 5.08. The molecule has 0 bridgehead atoms. The third-order valence-corrected chi connectivity index (χ3v) is 4.44. The van der Waals surface area contributed by atoms with Gasteiger partial charge in [0, 0.05) is 17.6 Å². The molecule has 1 rings (SSSR count). The first-order valence-corrected chi connectivity index (χ1v) is 7.36. The van der Waals surface area contributed by atoms with Gasteiger partial charge in [0.05, 0.1) is 4.90 Å². The number of aryl methyl sites for hydroxylation is 1. The van der Waals surface area contributed by atoms with Crippen LogP contribution in [0.1, 0.15) is 5.56 Å². The molecule has 0 radical (unpaired) electrons. The SMILES string of the molecule is Cc1cc(S(=O)(=O)NC/C=C/CN)ccc1Br. The topological polar surface area (TPSA) is 72.2 Å². The molecule has 0 aliphatic rings. The zero-order valence-electron chi connectivity index (χ0n) is 9.48. The second kappa shape index (κ2) is 6.30. The highest BCUT2D eigenvalue weighted by atomic mass is 79.9. The molecule has 0 atom stereocenters. The number of sulfonamides is 1. The third-order valence-electron chi connectivity index (χ3n) is 2.13. The highest BCUT2D eigenvalue weighted by Crippen LogP contribution is 2.19. The standard InChI is InChI=1S/C11H15BrN2O2S/c1-9-8-10(4-5-11(9)12)17(15,16)14-7-3-2-6-13/h2-5,8,14H,6-7,13H2,1H3/b3-2+. The summed E-state index contributed by atoms with van der Waals surface area (Å²) in [5, 5.41) is 0. The van der Waals surface area contributed by atoms with Crippen molar-refractivity contribution in [2.45, 2.75) is 11.8 Å². The molecule has 0 aromatic heterocycles. The lowest BCUT2D eigenvalue weighted by Gasteiger charge is -2.06. The fraction of sp³-hybridized carbons (Fsp3) is 0.273. The predicted molar refractivity (Wildman–Crippen MR) is 72.3 cm³/mol. The number of benzene rings is 1. The van der Waals surface area contributed by atoms with E-state index in [1.54, 1.807) is 30.4 Å². The van der Waals surface area contributed by atoms with Gasteiger partial charge in [0.15, 0.2) is 0 Å². The molecule has 6 heteroatoms. The molecule has 94 valence electrons. The Hall–Kier alpha value is -0.690. The van der Waals surface area contributed by atoms with Gasteiger partial charge in [-0.05, 0) is 30.7 Å². The molecule has 3 N–H and O–H groups in total. The summed E-state index contributed by atoms with van der Waals surface area (Å²) in [7, 11) is -3.44. The van der Waals surface area contributed by atoms with E-state index in [0.717, 1.165) is 10.0 Å². The zero-order chi connectivity index (χ0) is 12.9. The van der Waals surface area contributed by atoms with Crippen molar-refractivity contribution in [1.29, 1.82) is 0 Å². The quantitative estimate of drug-likeness (QED) is 0.809. The van der Waals surface area contributed by atoms with Crippen LogP contribution in [0.3, 0.4) is 0 Å². The van der Waals surface area contributed by atoms with Crippen LogP contribution in [-0.4, -0.2) is 21.5 Å². The second-order valence-corrected chi connectivity index (χ2v) is 6.09. The lowest BCUT2D eigenvalue weighted by molar-refractivity contribution is 0.585. The summed E-state index contributed by atoms with van der Waals surface area (Å²) in [5.41, 5.74) is 6.14. The van der Waals surface area contributed by atoms with Crippen molar-refractivity contribution in [3.05, 3.63) is 40.4 Å². The molecular formula is C11H15BrN2O2S. The molecule has 0 heterocycles. The second-order valence-electron chi connectivity index (χ2n) is 3.47. The van der Waals surface area contributed by atoms with Crippen LogP contribution in [0.25, 0.3) is 0 Å². The average molecular weight is 319 g/mol. The van der Waals surface area contributed by atoms with Crippen molar-refractivity contribution >= 4 is 26.0 Å². The number of nitrogens with one attached hydrogen (secondary N) is 1. The van der Waals surface area contributed by atoms with Gasteiger partial charge in [-0.2, -0.15) is 0 Å². The number of hydrogen-bond donors (Lipinski definition) is 2. The molecule has 1 aromatic rings. The highest BCUT2D eigenvalue weighted by molar-refractivity contribution is 9.10. The molecule has 4 nitrogen and oxygen atoms in total. The largest absolute Gasteiger partial charge is 0.327 e. The van der Waals surface area contributed by atoms with E-state index in [0.29, 0.717) is 6.54 Å². The molecule has 17 heavy (non-hydrogen) atoms. The van der Waals surface area contributed by atoms with E-state index in [2.05, 4.69) is 20.7 Å². The molecule has 0 aliphatic carbocycles. The maximum atomic E-state index is 11.9. The summed E-state index contributed by atoms with van der Waals surface area (Å²) in [6.07, 6.45) is 3.39. The van der Waals surface area contributed by atoms with Gasteiger partial charge in [0.25, 0.3) is 0 Å². The maximum Gasteiger partial charge on any atom is 0.240 e. The van der Waals surface area contributed by atoms with Crippen LogP contribution < -0.4 is 10.5 Å². The minimum absolute atomic E-state index is 0.245. The first-order chi connectivity index (χ1) is 7.97. The number of nitrogens with two attached hydrogens (primary N) is 1. The van der Waals surface area contributed by atoms with Crippen molar-refractivity contribution in [3.8, 4) is 0 Å². The Balaban J connectivity index is 2.82. The Morgan fingerprint density at radius 2 is 2.12 bits per heavy atom. The van der Waals surface area contributed by atoms with Gasteiger partial charge in [-0.15, -0.1) is 0 Å². The van der Waals surface area contributed by atoms with Crippen LogP contribution in [0, 0.1) is 6.92 Å². The maximum absolute atomic E-state index is 11.9. The summed E-state index contributed by atoms with van der Waals surface area (Å²) < 4.78 is 27.1. The Labute approximate surface area is 110 Å². The van der Waals surface area contributed by atoms with Crippen LogP contribution in [-0.2, 0) is 10.0 Å². The first kappa shape index (κ1) is 14.4. The predicted octanol–water partition coefficient (Wildman–Crippen LogP) is 1.55. The van der Waals surface area contributed by atoms with E-state index < -0.39 is 10.0 Å². The van der Waals surface area contributed by atoms with Crippen molar-refractivity contribution in [2.75, 3.05) is 13.1 Å². The van der Waals surface area contributed by atoms with Gasteiger partial charge >= 0.3 is 0 Å². The van der Waals surface area contributed by atoms with Crippen LogP contribution in [0.4, 0.5) is 0 Å². The molecule has 0 amide bonds. The smallest absolute Gasteiger partial charge is 0.240 e. The summed E-state index contributed by atoms with van der Waals surface area (Å²) in [6, 6.07) is 4.91. The van der Waals surface area contributed by atoms with E-state index in [-0.39, 0.29) is 11.4 Å². The fourth-order valence-electron chi connectivity index (χ4n) is 1.21. The summed E-state index contributed by atoms with van der Waals surface area (Å²) >= 11 is 3.33. The minimum Gasteiger partial charge on any atom is -0.327 e. The molecular weight excluding hydrogens is 304 g/mol. The van der Waals surface area contributed by atoms with Gasteiger partial charge in [-0.25, -0.2) is 13.1 Å². The normalized spacial score (nSPS) is 12.2. The Bertz CT molecular complexity index is 512. The minimum atomic E-state index is -3.44. The number of hydrogen-bond acceptors (Lipinski definition) is 3. The van der Waals surface area contributed by atoms with E-state index in [1.807, 2.05) is 6.92 Å². The summed E-state index contributed by atoms with van der Waals surface area (Å²) in [4.78, 5) is 0.263. The van der Waals surface area contributed by atoms with Crippen LogP contribution in [0.5, 0.6) is 0 Å². The molecule has 0 unspecified atom stereocenters. The zero-order valence-corrected chi connectivity index (χ0v) is 11.9. The number of halogens is 1. The number of rotatable bonds is 5. The lowest BCUT2D eigenvalue weighted by Crippen LogP contribution is -2.24. The van der Waals surface area contributed by atoms with Gasteiger partial charge in [0.2, 0.25) is 10.0 Å². The van der Waals surface area contributed by atoms with Crippen molar-refractivity contribution in [2.24, 2.45) is 5.73 Å². The van der Waals surface area contributed by atoms with Crippen molar-refractivity contribution in [3.63, 3.8) is 0 Å². The fourth-order valence-corrected chi connectivity index (χ4v) is 2.51. The van der Waals surface area contributed by atoms with E-state index in [4.69, 9.17) is 5.73 Å². The van der Waals surface area contributed by atoms with Crippen molar-refractivity contribution < 1.29 is 8.42 Å². The molecule has 1 aromatic carbocycles. The van der Waals surface area contributed by atoms with Gasteiger partial charge in [-0.3, -0.25) is 0 Å². The van der Waals surface area contributed by atoms with Crippen molar-refractivity contribution in [1.82, 2.24) is 4.72 Å². The third kappa shape index (κ3) is 4.23. The Morgan fingerprint density at radius 1 is 1.41 bits per heavy atom. The average Bonchev–Trinajstić information content (AvgIpc) is 2.28. The molecule has 0 fully saturated rings. The highest BCUT2D eigenvalue weighted by Gasteiger charge is 2.13. The molecule has 0 spiro atoms. The van der Waals surface area contributed by atoms with Crippen LogP contribution in [0.15, 0.2) is 39.7 Å². The molecule has 0 saturated carbocycles. The van der Waals surface area contributed by atoms with Crippen LogP contribution in [0.2, 0.25) is 0 Å². The summed E-state index contributed by atoms with van der Waals surface area (Å²) in [6.45, 7) is 2.49. The van der Waals surface area contributed by atoms with Gasteiger partial charge in [-0.1, -0.05) is 28.1 Å². The summed E-state index contributed by atoms with van der Waals surface area (Å²) in [5.74, 6) is 0. The monoisotopic (exact) mass is 318 g/mol. The van der Waals surface area contributed by atoms with E-state index in [1.165, 1.54) is 0 Å². The van der Waals surface area contributed by atoms with E-state index in [9.17, 15) is 8.42 Å². The van der Waals surface area contributed by atoms with Gasteiger partial charge < -0.3 is 5.73 Å². The van der Waals surface area contributed by atoms with E-state index >= 15 is 0 Å². The van der Waals surface area contributed by atoms with Crippen LogP contribution >= 0.6 is 15.9 Å². The molecule has 0 saturated heterocycles.